The minimum atomic E-state index is -4.42. The van der Waals surface area contributed by atoms with Crippen molar-refractivity contribution in [1.82, 2.24) is 19.3 Å². The highest BCUT2D eigenvalue weighted by atomic mass is 19.4. The fourth-order valence-corrected chi connectivity index (χ4v) is 5.18. The lowest BCUT2D eigenvalue weighted by molar-refractivity contribution is -0.137. The third-order valence-corrected chi connectivity index (χ3v) is 6.64. The number of amides is 1. The van der Waals surface area contributed by atoms with E-state index in [4.69, 9.17) is 10.5 Å². The average Bonchev–Trinajstić information content (AvgIpc) is 3.42. The van der Waals surface area contributed by atoms with Gasteiger partial charge >= 0.3 is 6.18 Å². The average molecular weight is 467 g/mol. The number of imidazole rings is 1. The molecule has 3 atom stereocenters. The predicted molar refractivity (Wildman–Crippen MR) is 118 cm³/mol. The monoisotopic (exact) mass is 467 g/mol. The molecule has 0 unspecified atom stereocenters. The highest BCUT2D eigenvalue weighted by Gasteiger charge is 2.45. The second-order valence-electron chi connectivity index (χ2n) is 8.85. The van der Waals surface area contributed by atoms with E-state index in [1.54, 1.807) is 40.0 Å². The molecular weight excluding hydrogens is 447 g/mol. The first-order valence-corrected chi connectivity index (χ1v) is 10.9. The molecule has 2 aliphatic rings. The van der Waals surface area contributed by atoms with E-state index >= 15 is 0 Å². The SMILES string of the molecule is C[C@@H]1CN(C(=O)c2ccc3nc(N)c4cncn4c3c2)[C@H]2c3ccc(C(F)(F)F)cc3C[C@H]2O1. The molecule has 2 aromatic carbocycles. The van der Waals surface area contributed by atoms with Crippen LogP contribution in [0.25, 0.3) is 16.6 Å². The van der Waals surface area contributed by atoms with E-state index in [9.17, 15) is 18.0 Å². The Morgan fingerprint density at radius 2 is 2.00 bits per heavy atom. The van der Waals surface area contributed by atoms with Crippen molar-refractivity contribution in [3.63, 3.8) is 0 Å². The van der Waals surface area contributed by atoms with Gasteiger partial charge in [-0.25, -0.2) is 9.97 Å². The number of nitrogens with zero attached hydrogens (tertiary/aromatic N) is 4. The van der Waals surface area contributed by atoms with Gasteiger partial charge < -0.3 is 15.4 Å². The number of rotatable bonds is 1. The van der Waals surface area contributed by atoms with Gasteiger partial charge in [-0.1, -0.05) is 6.07 Å². The molecule has 34 heavy (non-hydrogen) atoms. The molecule has 10 heteroatoms. The Hall–Kier alpha value is -3.66. The Kier molecular flexibility index (Phi) is 4.41. The molecule has 3 heterocycles. The Labute approximate surface area is 192 Å². The minimum Gasteiger partial charge on any atom is -0.382 e. The van der Waals surface area contributed by atoms with Gasteiger partial charge in [-0.05, 0) is 48.4 Å². The lowest BCUT2D eigenvalue weighted by Crippen LogP contribution is -2.50. The van der Waals surface area contributed by atoms with Gasteiger partial charge in [-0.2, -0.15) is 13.2 Å². The number of nitrogen functional groups attached to an aromatic ring is 1. The Bertz CT molecular complexity index is 1460. The number of carbonyl (C=O) groups excluding carboxylic acids is 1. The number of ether oxygens (including phenoxy) is 1. The number of alkyl halides is 3. The van der Waals surface area contributed by atoms with E-state index in [1.165, 1.54) is 12.1 Å². The maximum atomic E-state index is 13.7. The number of morpholine rings is 1. The fraction of sp³-hybridized carbons (Fsp3) is 0.292. The maximum Gasteiger partial charge on any atom is 0.416 e. The van der Waals surface area contributed by atoms with Gasteiger partial charge in [0, 0.05) is 18.5 Å². The highest BCUT2D eigenvalue weighted by Crippen LogP contribution is 2.43. The van der Waals surface area contributed by atoms with Crippen molar-refractivity contribution >= 4 is 28.3 Å². The van der Waals surface area contributed by atoms with Crippen molar-refractivity contribution in [2.45, 2.75) is 37.8 Å². The molecule has 4 aromatic rings. The quantitative estimate of drug-likeness (QED) is 0.457. The Morgan fingerprint density at radius 1 is 1.18 bits per heavy atom. The number of nitrogens with two attached hydrogens (primary N) is 1. The summed E-state index contributed by atoms with van der Waals surface area (Å²) < 4.78 is 47.6. The van der Waals surface area contributed by atoms with Gasteiger partial charge in [0.15, 0.2) is 0 Å². The molecule has 2 N–H and O–H groups in total. The third-order valence-electron chi connectivity index (χ3n) is 6.64. The molecule has 7 nitrogen and oxygen atoms in total. The molecule has 2 aromatic heterocycles. The van der Waals surface area contributed by atoms with Crippen molar-refractivity contribution in [2.24, 2.45) is 0 Å². The van der Waals surface area contributed by atoms with Crippen LogP contribution >= 0.6 is 0 Å². The van der Waals surface area contributed by atoms with Crippen LogP contribution in [0.3, 0.4) is 0 Å². The fourth-order valence-electron chi connectivity index (χ4n) is 5.18. The van der Waals surface area contributed by atoms with Crippen molar-refractivity contribution in [2.75, 3.05) is 12.3 Å². The molecule has 1 fully saturated rings. The molecule has 1 amide bonds. The molecule has 1 aliphatic heterocycles. The molecule has 0 radical (unpaired) electrons. The zero-order chi connectivity index (χ0) is 23.8. The first-order valence-electron chi connectivity index (χ1n) is 10.9. The van der Waals surface area contributed by atoms with Gasteiger partial charge in [-0.15, -0.1) is 0 Å². The first-order chi connectivity index (χ1) is 16.2. The second-order valence-corrected chi connectivity index (χ2v) is 8.85. The van der Waals surface area contributed by atoms with Gasteiger partial charge in [0.2, 0.25) is 0 Å². The van der Waals surface area contributed by atoms with Crippen LogP contribution in [0, 0.1) is 0 Å². The van der Waals surface area contributed by atoms with Crippen molar-refractivity contribution in [3.8, 4) is 0 Å². The summed E-state index contributed by atoms with van der Waals surface area (Å²) in [5.74, 6) is 0.125. The van der Waals surface area contributed by atoms with Crippen LogP contribution in [-0.2, 0) is 17.3 Å². The van der Waals surface area contributed by atoms with Gasteiger partial charge in [-0.3, -0.25) is 9.20 Å². The number of hydrogen-bond donors (Lipinski definition) is 1. The topological polar surface area (TPSA) is 85.8 Å². The van der Waals surface area contributed by atoms with Gasteiger partial charge in [0.05, 0.1) is 47.4 Å². The summed E-state index contributed by atoms with van der Waals surface area (Å²) in [6.07, 6.45) is -1.52. The number of fused-ring (bicyclic) bond motifs is 6. The van der Waals surface area contributed by atoms with Crippen LogP contribution in [0.2, 0.25) is 0 Å². The summed E-state index contributed by atoms with van der Waals surface area (Å²) in [4.78, 5) is 24.0. The summed E-state index contributed by atoms with van der Waals surface area (Å²) in [5.41, 5.74) is 8.98. The molecule has 1 aliphatic carbocycles. The molecule has 0 spiro atoms. The van der Waals surface area contributed by atoms with Crippen LogP contribution in [-0.4, -0.2) is 43.9 Å². The molecule has 0 bridgehead atoms. The zero-order valence-electron chi connectivity index (χ0n) is 18.1. The van der Waals surface area contributed by atoms with Crippen LogP contribution in [0.4, 0.5) is 19.0 Å². The molecule has 0 saturated carbocycles. The smallest absolute Gasteiger partial charge is 0.382 e. The van der Waals surface area contributed by atoms with Crippen LogP contribution in [0.5, 0.6) is 0 Å². The van der Waals surface area contributed by atoms with E-state index in [0.29, 0.717) is 52.0 Å². The molecule has 1 saturated heterocycles. The number of carbonyl (C=O) groups is 1. The maximum absolute atomic E-state index is 13.7. The number of halogens is 3. The number of anilines is 1. The number of aromatic nitrogens is 3. The Balaban J connectivity index is 1.41. The van der Waals surface area contributed by atoms with Crippen molar-refractivity contribution in [1.29, 1.82) is 0 Å². The summed E-state index contributed by atoms with van der Waals surface area (Å²) in [5, 5.41) is 0. The zero-order valence-corrected chi connectivity index (χ0v) is 18.1. The summed E-state index contributed by atoms with van der Waals surface area (Å²) in [6, 6.07) is 8.45. The van der Waals surface area contributed by atoms with E-state index in [0.717, 1.165) is 6.07 Å². The van der Waals surface area contributed by atoms with Crippen molar-refractivity contribution < 1.29 is 22.7 Å². The van der Waals surface area contributed by atoms with Crippen LogP contribution in [0.1, 0.15) is 40.0 Å². The largest absolute Gasteiger partial charge is 0.416 e. The summed E-state index contributed by atoms with van der Waals surface area (Å²) >= 11 is 0. The minimum absolute atomic E-state index is 0.218. The summed E-state index contributed by atoms with van der Waals surface area (Å²) in [7, 11) is 0. The number of benzene rings is 2. The lowest BCUT2D eigenvalue weighted by Gasteiger charge is -2.41. The van der Waals surface area contributed by atoms with Crippen LogP contribution < -0.4 is 5.73 Å². The van der Waals surface area contributed by atoms with Gasteiger partial charge in [0.1, 0.15) is 11.3 Å². The predicted octanol–water partition coefficient (Wildman–Crippen LogP) is 4.01. The van der Waals surface area contributed by atoms with Crippen LogP contribution in [0.15, 0.2) is 48.9 Å². The first kappa shape index (κ1) is 20.9. The highest BCUT2D eigenvalue weighted by molar-refractivity contribution is 5.98. The lowest BCUT2D eigenvalue weighted by atomic mass is 10.0. The molecule has 174 valence electrons. The van der Waals surface area contributed by atoms with E-state index in [2.05, 4.69) is 9.97 Å². The summed E-state index contributed by atoms with van der Waals surface area (Å²) in [6.45, 7) is 2.20. The van der Waals surface area contributed by atoms with E-state index in [1.807, 2.05) is 6.92 Å². The van der Waals surface area contributed by atoms with E-state index < -0.39 is 23.9 Å². The normalized spacial score (nSPS) is 22.2. The third kappa shape index (κ3) is 3.12. The van der Waals surface area contributed by atoms with E-state index in [-0.39, 0.29) is 12.0 Å². The van der Waals surface area contributed by atoms with Gasteiger partial charge in [0.25, 0.3) is 5.91 Å². The standard InChI is InChI=1S/C24H20F3N5O2/c1-12-10-31(21-16-4-3-15(24(25,26)27)6-14(16)8-20(21)34-12)23(33)13-2-5-17-18(7-13)32-11-29-9-19(32)22(28)30-17/h2-7,9,11-12,20-21H,8,10H2,1H3,(H2,28,30)/t12-,20-,21+/m1/s1. The number of hydrogen-bond acceptors (Lipinski definition) is 5. The molecule has 6 rings (SSSR count). The second kappa shape index (κ2) is 7.17. The Morgan fingerprint density at radius 3 is 2.79 bits per heavy atom. The van der Waals surface area contributed by atoms with Crippen molar-refractivity contribution in [3.05, 3.63) is 71.2 Å². The molecular formula is C24H20F3N5O2.